The molecule has 0 aromatic rings. The first kappa shape index (κ1) is 13.3. The van der Waals surface area contributed by atoms with Gasteiger partial charge >= 0.3 is 0 Å². The fourth-order valence-corrected chi connectivity index (χ4v) is 0.619. The van der Waals surface area contributed by atoms with Crippen LogP contribution in [0.4, 0.5) is 0 Å². The van der Waals surface area contributed by atoms with Gasteiger partial charge in [-0.05, 0) is 6.54 Å². The third-order valence-corrected chi connectivity index (χ3v) is 1.00. The molecule has 0 unspecified atom stereocenters. The van der Waals surface area contributed by atoms with Gasteiger partial charge in [-0.3, -0.25) is 4.79 Å². The van der Waals surface area contributed by atoms with Crippen molar-refractivity contribution in [3.63, 3.8) is 0 Å². The molecule has 0 spiro atoms. The van der Waals surface area contributed by atoms with Crippen LogP contribution in [0.25, 0.3) is 0 Å². The first-order valence-corrected chi connectivity index (χ1v) is 2.48. The smallest absolute Gasteiger partial charge is 0.190 e. The molecular weight excluding hydrogens is 268 g/mol. The van der Waals surface area contributed by atoms with Gasteiger partial charge in [-0.25, -0.2) is 0 Å². The van der Waals surface area contributed by atoms with Crippen LogP contribution in [0.5, 0.6) is 0 Å². The van der Waals surface area contributed by atoms with Crippen LogP contribution in [0.3, 0.4) is 0 Å². The summed E-state index contributed by atoms with van der Waals surface area (Å²) in [4.78, 5) is 10.3. The van der Waals surface area contributed by atoms with Crippen molar-refractivity contribution in [3.8, 4) is 0 Å². The zero-order valence-electron chi connectivity index (χ0n) is 5.26. The number of carbonyl (C=O) groups is 1. The zero-order chi connectivity index (χ0) is 5.11. The van der Waals surface area contributed by atoms with E-state index in [0.717, 1.165) is 13.0 Å². The van der Waals surface area contributed by atoms with Crippen molar-refractivity contribution in [3.05, 3.63) is 6.42 Å². The Kier molecular flexibility index (Phi) is 11.5. The third-order valence-electron chi connectivity index (χ3n) is 1.00. The first-order chi connectivity index (χ1) is 3.39. The molecule has 0 bridgehead atoms. The van der Waals surface area contributed by atoms with Crippen molar-refractivity contribution in [2.24, 2.45) is 0 Å². The molecule has 46 valence electrons. The average Bonchev–Trinajstić information content (AvgIpc) is 1.69. The Balaban J connectivity index is 0. The van der Waals surface area contributed by atoms with E-state index in [9.17, 15) is 4.79 Å². The zero-order valence-corrected chi connectivity index (χ0v) is 10.9. The molecule has 0 aromatic carbocycles. The Hall–Kier alpha value is 1.68. The fraction of sp³-hybridized carbons (Fsp3) is 0.600. The summed E-state index contributed by atoms with van der Waals surface area (Å²) in [5, 5.41) is 2.71. The van der Waals surface area contributed by atoms with Crippen molar-refractivity contribution in [2.45, 2.75) is 12.8 Å². The van der Waals surface area contributed by atoms with E-state index < -0.39 is 0 Å². The van der Waals surface area contributed by atoms with Crippen LogP contribution >= 0.6 is 0 Å². The Morgan fingerprint density at radius 2 is 2.11 bits per heavy atom. The third kappa shape index (κ3) is 6.09. The molecule has 2 radical (unpaired) electrons. The quantitative estimate of drug-likeness (QED) is 0.624. The van der Waals surface area contributed by atoms with Gasteiger partial charge in [-0.2, -0.15) is 6.42 Å². The second-order valence-electron chi connectivity index (χ2n) is 1.63. The standard InChI is InChI=1S/C5H8NO.2Y/c7-5-3-1-2-4-6-5;;/h1H,2-4H2,(H,6,7);;/q-1;;. The van der Waals surface area contributed by atoms with Crippen LogP contribution in [0.1, 0.15) is 12.8 Å². The molecule has 1 amide bonds. The molecule has 0 atom stereocenters. The predicted octanol–water partition coefficient (Wildman–Crippen LogP) is 0.0957. The summed E-state index contributed by atoms with van der Waals surface area (Å²) in [5.41, 5.74) is 0. The van der Waals surface area contributed by atoms with Gasteiger partial charge in [-0.15, -0.1) is 0 Å². The molecule has 2 nitrogen and oxygen atoms in total. The number of rotatable bonds is 0. The molecule has 9 heavy (non-hydrogen) atoms. The Bertz CT molecular complexity index is 79.0. The predicted molar refractivity (Wildman–Crippen MR) is 26.5 cm³/mol. The summed E-state index contributed by atoms with van der Waals surface area (Å²) < 4.78 is 0. The molecule has 1 rings (SSSR count). The van der Waals surface area contributed by atoms with Crippen molar-refractivity contribution < 1.29 is 70.2 Å². The van der Waals surface area contributed by atoms with Crippen LogP contribution in [0, 0.1) is 6.42 Å². The molecule has 1 fully saturated rings. The molecule has 0 saturated carbocycles. The second-order valence-corrected chi connectivity index (χ2v) is 1.63. The van der Waals surface area contributed by atoms with E-state index in [1.54, 1.807) is 0 Å². The summed E-state index contributed by atoms with van der Waals surface area (Å²) in [6.07, 6.45) is 3.64. The van der Waals surface area contributed by atoms with Gasteiger partial charge in [0.05, 0.1) is 0 Å². The summed E-state index contributed by atoms with van der Waals surface area (Å²) in [7, 11) is 0. The number of nitrogens with one attached hydrogen (secondary N) is 1. The summed E-state index contributed by atoms with van der Waals surface area (Å²) in [6, 6.07) is 0. The number of hydrogen-bond donors (Lipinski definition) is 1. The summed E-state index contributed by atoms with van der Waals surface area (Å²) in [6.45, 7) is 0.832. The normalized spacial score (nSPS) is 16.7. The second kappa shape index (κ2) is 7.78. The van der Waals surface area contributed by atoms with Gasteiger partial charge < -0.3 is 11.7 Å². The molecule has 1 saturated heterocycles. The minimum atomic E-state index is 0. The van der Waals surface area contributed by atoms with E-state index in [2.05, 4.69) is 5.32 Å². The van der Waals surface area contributed by atoms with Crippen LogP contribution in [0.15, 0.2) is 0 Å². The molecule has 4 heteroatoms. The Labute approximate surface area is 106 Å². The molecule has 1 N–H and O–H groups in total. The molecular formula is C5H8NOY2-. The van der Waals surface area contributed by atoms with Crippen molar-refractivity contribution in [2.75, 3.05) is 6.54 Å². The Morgan fingerprint density at radius 3 is 2.33 bits per heavy atom. The van der Waals surface area contributed by atoms with E-state index in [4.69, 9.17) is 0 Å². The van der Waals surface area contributed by atoms with Crippen LogP contribution in [0.2, 0.25) is 0 Å². The van der Waals surface area contributed by atoms with Gasteiger partial charge in [0.15, 0.2) is 5.91 Å². The largest absolute Gasteiger partial charge is 0.361 e. The van der Waals surface area contributed by atoms with Gasteiger partial charge in [0.2, 0.25) is 0 Å². The van der Waals surface area contributed by atoms with Crippen molar-refractivity contribution >= 4 is 5.91 Å². The van der Waals surface area contributed by atoms with E-state index in [0.29, 0.717) is 6.42 Å². The average molecular weight is 276 g/mol. The van der Waals surface area contributed by atoms with Crippen LogP contribution < -0.4 is 5.32 Å². The maximum absolute atomic E-state index is 10.3. The number of piperidine rings is 1. The maximum Gasteiger partial charge on any atom is 0.190 e. The molecule has 0 aliphatic carbocycles. The van der Waals surface area contributed by atoms with Crippen molar-refractivity contribution in [1.82, 2.24) is 5.32 Å². The number of amides is 1. The number of carbonyl (C=O) groups excluding carboxylic acids is 1. The van der Waals surface area contributed by atoms with Gasteiger partial charge in [0.25, 0.3) is 0 Å². The van der Waals surface area contributed by atoms with E-state index >= 15 is 0 Å². The van der Waals surface area contributed by atoms with Gasteiger partial charge in [-0.1, -0.05) is 6.42 Å². The van der Waals surface area contributed by atoms with Gasteiger partial charge in [0.1, 0.15) is 0 Å². The van der Waals surface area contributed by atoms with Gasteiger partial charge in [0, 0.05) is 65.4 Å². The molecule has 1 aliphatic heterocycles. The molecule has 1 heterocycles. The monoisotopic (exact) mass is 276 g/mol. The van der Waals surface area contributed by atoms with E-state index in [-0.39, 0.29) is 71.3 Å². The minimum Gasteiger partial charge on any atom is -0.361 e. The topological polar surface area (TPSA) is 29.1 Å². The van der Waals surface area contributed by atoms with Crippen LogP contribution in [-0.4, -0.2) is 12.5 Å². The molecule has 1 aliphatic rings. The number of hydrogen-bond acceptors (Lipinski definition) is 1. The summed E-state index contributed by atoms with van der Waals surface area (Å²) in [5.74, 6) is 0.159. The SMILES string of the molecule is O=C1C[CH-]CCN1.[Y].[Y]. The van der Waals surface area contributed by atoms with Crippen molar-refractivity contribution in [1.29, 1.82) is 0 Å². The minimum absolute atomic E-state index is 0. The van der Waals surface area contributed by atoms with E-state index in [1.807, 2.05) is 6.42 Å². The Morgan fingerprint density at radius 1 is 1.44 bits per heavy atom. The maximum atomic E-state index is 10.3. The summed E-state index contributed by atoms with van der Waals surface area (Å²) >= 11 is 0. The van der Waals surface area contributed by atoms with Crippen LogP contribution in [-0.2, 0) is 70.2 Å². The van der Waals surface area contributed by atoms with E-state index in [1.165, 1.54) is 0 Å². The fourth-order valence-electron chi connectivity index (χ4n) is 0.619. The molecule has 0 aromatic heterocycles. The first-order valence-electron chi connectivity index (χ1n) is 2.48.